The molecule has 14 heavy (non-hydrogen) atoms. The summed E-state index contributed by atoms with van der Waals surface area (Å²) in [6, 6.07) is 5.90. The third kappa shape index (κ3) is 3.08. The van der Waals surface area contributed by atoms with E-state index in [0.29, 0.717) is 6.42 Å². The average Bonchev–Trinajstić information content (AvgIpc) is 2.11. The van der Waals surface area contributed by atoms with E-state index in [1.165, 1.54) is 5.56 Å². The van der Waals surface area contributed by atoms with Crippen LogP contribution >= 0.6 is 15.9 Å². The van der Waals surface area contributed by atoms with Gasteiger partial charge in [0.1, 0.15) is 0 Å². The van der Waals surface area contributed by atoms with Crippen LogP contribution in [0.4, 0.5) is 0 Å². The maximum Gasteiger partial charge on any atom is 0.0728 e. The van der Waals surface area contributed by atoms with Crippen LogP contribution in [-0.2, 0) is 6.42 Å². The molecule has 2 nitrogen and oxygen atoms in total. The average molecular weight is 258 g/mol. The predicted molar refractivity (Wildman–Crippen MR) is 62.2 cm³/mol. The molecule has 2 unspecified atom stereocenters. The van der Waals surface area contributed by atoms with Crippen molar-refractivity contribution < 1.29 is 5.11 Å². The second kappa shape index (κ2) is 4.91. The van der Waals surface area contributed by atoms with Gasteiger partial charge in [0.05, 0.1) is 6.10 Å². The van der Waals surface area contributed by atoms with Gasteiger partial charge in [-0.05, 0) is 37.5 Å². The Bertz CT molecular complexity index is 312. The maximum absolute atomic E-state index is 9.60. The molecular weight excluding hydrogens is 242 g/mol. The van der Waals surface area contributed by atoms with Crippen molar-refractivity contribution in [2.24, 2.45) is 5.73 Å². The Morgan fingerprint density at radius 3 is 2.64 bits per heavy atom. The fourth-order valence-corrected chi connectivity index (χ4v) is 1.62. The van der Waals surface area contributed by atoms with E-state index in [0.717, 1.165) is 10.0 Å². The number of rotatable bonds is 3. The summed E-state index contributed by atoms with van der Waals surface area (Å²) in [5.74, 6) is 0. The molecule has 0 saturated carbocycles. The van der Waals surface area contributed by atoms with Crippen LogP contribution in [0.5, 0.6) is 0 Å². The number of aliphatic hydroxyl groups excluding tert-OH is 1. The Morgan fingerprint density at radius 2 is 2.14 bits per heavy atom. The van der Waals surface area contributed by atoms with Crippen LogP contribution in [0.25, 0.3) is 0 Å². The summed E-state index contributed by atoms with van der Waals surface area (Å²) in [5, 5.41) is 9.60. The molecule has 0 aliphatic heterocycles. The topological polar surface area (TPSA) is 46.2 Å². The first kappa shape index (κ1) is 11.7. The normalized spacial score (nSPS) is 15.2. The number of benzene rings is 1. The summed E-state index contributed by atoms with van der Waals surface area (Å²) in [4.78, 5) is 0. The summed E-state index contributed by atoms with van der Waals surface area (Å²) < 4.78 is 1.08. The lowest BCUT2D eigenvalue weighted by molar-refractivity contribution is 0.151. The molecular formula is C11H16BrNO. The largest absolute Gasteiger partial charge is 0.391 e. The van der Waals surface area contributed by atoms with Gasteiger partial charge >= 0.3 is 0 Å². The van der Waals surface area contributed by atoms with Crippen LogP contribution < -0.4 is 5.73 Å². The first-order valence-corrected chi connectivity index (χ1v) is 5.48. The molecule has 0 fully saturated rings. The fraction of sp³-hybridized carbons (Fsp3) is 0.455. The lowest BCUT2D eigenvalue weighted by atomic mass is 10.0. The SMILES string of the molecule is Cc1ccc(CC(O)C(C)N)cc1Br. The number of nitrogens with two attached hydrogens (primary N) is 1. The minimum absolute atomic E-state index is 0.185. The van der Waals surface area contributed by atoms with Crippen molar-refractivity contribution in [3.63, 3.8) is 0 Å². The standard InChI is InChI=1S/C11H16BrNO/c1-7-3-4-9(5-10(7)12)6-11(14)8(2)13/h3-5,8,11,14H,6,13H2,1-2H3. The Kier molecular flexibility index (Phi) is 4.11. The molecule has 1 aromatic rings. The minimum Gasteiger partial charge on any atom is -0.391 e. The Labute approximate surface area is 93.3 Å². The van der Waals surface area contributed by atoms with Gasteiger partial charge < -0.3 is 10.8 Å². The van der Waals surface area contributed by atoms with E-state index in [9.17, 15) is 5.11 Å². The predicted octanol–water partition coefficient (Wildman–Crippen LogP) is 2.01. The van der Waals surface area contributed by atoms with Gasteiger partial charge in [-0.25, -0.2) is 0 Å². The highest BCUT2D eigenvalue weighted by Gasteiger charge is 2.10. The second-order valence-electron chi connectivity index (χ2n) is 3.71. The molecule has 3 heteroatoms. The number of aryl methyl sites for hydroxylation is 1. The van der Waals surface area contributed by atoms with E-state index in [1.807, 2.05) is 32.0 Å². The second-order valence-corrected chi connectivity index (χ2v) is 4.57. The molecule has 0 saturated heterocycles. The van der Waals surface area contributed by atoms with Crippen molar-refractivity contribution in [2.45, 2.75) is 32.4 Å². The van der Waals surface area contributed by atoms with E-state index in [4.69, 9.17) is 5.73 Å². The molecule has 0 heterocycles. The molecule has 0 aliphatic rings. The first-order chi connectivity index (χ1) is 6.50. The summed E-state index contributed by atoms with van der Waals surface area (Å²) in [6.07, 6.45) is 0.140. The van der Waals surface area contributed by atoms with Crippen LogP contribution in [0.2, 0.25) is 0 Å². The third-order valence-corrected chi connectivity index (χ3v) is 3.14. The van der Waals surface area contributed by atoms with Crippen LogP contribution in [0.3, 0.4) is 0 Å². The number of aliphatic hydroxyl groups is 1. The number of hydrogen-bond donors (Lipinski definition) is 2. The molecule has 2 atom stereocenters. The molecule has 1 aromatic carbocycles. The Balaban J connectivity index is 2.73. The highest BCUT2D eigenvalue weighted by atomic mass is 79.9. The van der Waals surface area contributed by atoms with Crippen molar-refractivity contribution in [3.8, 4) is 0 Å². The van der Waals surface area contributed by atoms with Gasteiger partial charge in [0.2, 0.25) is 0 Å². The highest BCUT2D eigenvalue weighted by Crippen LogP contribution is 2.18. The molecule has 1 rings (SSSR count). The smallest absolute Gasteiger partial charge is 0.0728 e. The van der Waals surface area contributed by atoms with Gasteiger partial charge in [-0.3, -0.25) is 0 Å². The van der Waals surface area contributed by atoms with Gasteiger partial charge in [-0.1, -0.05) is 28.1 Å². The molecule has 0 spiro atoms. The van der Waals surface area contributed by atoms with Crippen LogP contribution in [0.1, 0.15) is 18.1 Å². The third-order valence-electron chi connectivity index (χ3n) is 2.29. The zero-order chi connectivity index (χ0) is 10.7. The molecule has 0 bridgehead atoms. The minimum atomic E-state index is -0.468. The summed E-state index contributed by atoms with van der Waals surface area (Å²) in [7, 11) is 0. The van der Waals surface area contributed by atoms with Gasteiger partial charge in [0.25, 0.3) is 0 Å². The summed E-state index contributed by atoms with van der Waals surface area (Å²) in [5.41, 5.74) is 7.89. The van der Waals surface area contributed by atoms with E-state index >= 15 is 0 Å². The van der Waals surface area contributed by atoms with Crippen molar-refractivity contribution in [3.05, 3.63) is 33.8 Å². The summed E-state index contributed by atoms with van der Waals surface area (Å²) >= 11 is 3.46. The molecule has 3 N–H and O–H groups in total. The molecule has 0 aliphatic carbocycles. The quantitative estimate of drug-likeness (QED) is 0.871. The molecule has 0 aromatic heterocycles. The van der Waals surface area contributed by atoms with Crippen molar-refractivity contribution in [1.82, 2.24) is 0 Å². The van der Waals surface area contributed by atoms with E-state index in [-0.39, 0.29) is 6.04 Å². The lowest BCUT2D eigenvalue weighted by Crippen LogP contribution is -2.33. The van der Waals surface area contributed by atoms with E-state index < -0.39 is 6.10 Å². The zero-order valence-corrected chi connectivity index (χ0v) is 10.1. The Hall–Kier alpha value is -0.380. The molecule has 0 radical (unpaired) electrons. The molecule has 78 valence electrons. The van der Waals surface area contributed by atoms with Crippen LogP contribution in [0, 0.1) is 6.92 Å². The van der Waals surface area contributed by atoms with Crippen LogP contribution in [0.15, 0.2) is 22.7 Å². The zero-order valence-electron chi connectivity index (χ0n) is 8.50. The van der Waals surface area contributed by atoms with Crippen molar-refractivity contribution in [1.29, 1.82) is 0 Å². The fourth-order valence-electron chi connectivity index (χ4n) is 1.19. The number of hydrogen-bond acceptors (Lipinski definition) is 2. The van der Waals surface area contributed by atoms with Gasteiger partial charge in [0.15, 0.2) is 0 Å². The van der Waals surface area contributed by atoms with Crippen molar-refractivity contribution >= 4 is 15.9 Å². The Morgan fingerprint density at radius 1 is 1.50 bits per heavy atom. The first-order valence-electron chi connectivity index (χ1n) is 4.69. The number of halogens is 1. The maximum atomic E-state index is 9.60. The van der Waals surface area contributed by atoms with E-state index in [1.54, 1.807) is 0 Å². The molecule has 0 amide bonds. The van der Waals surface area contributed by atoms with E-state index in [2.05, 4.69) is 15.9 Å². The monoisotopic (exact) mass is 257 g/mol. The van der Waals surface area contributed by atoms with Gasteiger partial charge in [-0.15, -0.1) is 0 Å². The highest BCUT2D eigenvalue weighted by molar-refractivity contribution is 9.10. The lowest BCUT2D eigenvalue weighted by Gasteiger charge is -2.14. The van der Waals surface area contributed by atoms with Gasteiger partial charge in [0, 0.05) is 10.5 Å². The van der Waals surface area contributed by atoms with Gasteiger partial charge in [-0.2, -0.15) is 0 Å². The van der Waals surface area contributed by atoms with Crippen LogP contribution in [-0.4, -0.2) is 17.3 Å². The van der Waals surface area contributed by atoms with Crippen molar-refractivity contribution in [2.75, 3.05) is 0 Å². The summed E-state index contributed by atoms with van der Waals surface area (Å²) in [6.45, 7) is 3.85.